The van der Waals surface area contributed by atoms with Crippen LogP contribution in [0.15, 0.2) is 59.6 Å². The van der Waals surface area contributed by atoms with Gasteiger partial charge in [-0.15, -0.1) is 0 Å². The van der Waals surface area contributed by atoms with E-state index < -0.39 is 0 Å². The van der Waals surface area contributed by atoms with Crippen molar-refractivity contribution in [3.8, 4) is 11.5 Å². The summed E-state index contributed by atoms with van der Waals surface area (Å²) in [5.41, 5.74) is 7.66. The Labute approximate surface area is 164 Å². The molecule has 0 aromatic heterocycles. The highest BCUT2D eigenvalue weighted by molar-refractivity contribution is 5.87. The van der Waals surface area contributed by atoms with E-state index in [1.807, 2.05) is 0 Å². The van der Waals surface area contributed by atoms with Gasteiger partial charge in [0, 0.05) is 47.3 Å². The zero-order chi connectivity index (χ0) is 18.5. The van der Waals surface area contributed by atoms with Gasteiger partial charge in [0.25, 0.3) is 0 Å². The van der Waals surface area contributed by atoms with Gasteiger partial charge in [-0.1, -0.05) is 30.3 Å². The molecule has 0 radical (unpaired) electrons. The fraction of sp³-hybridized carbons (Fsp3) is 0.240. The average molecular weight is 366 g/mol. The summed E-state index contributed by atoms with van der Waals surface area (Å²) in [5.74, 6) is 1.86. The highest BCUT2D eigenvalue weighted by Crippen LogP contribution is 2.40. The molecule has 0 spiro atoms. The van der Waals surface area contributed by atoms with Crippen LogP contribution in [0.4, 0.5) is 5.69 Å². The van der Waals surface area contributed by atoms with Crippen molar-refractivity contribution >= 4 is 11.3 Å². The number of nitrogens with zero attached hydrogens (tertiary/aromatic N) is 1. The maximum absolute atomic E-state index is 6.44. The molecule has 6 rings (SSSR count). The van der Waals surface area contributed by atoms with Crippen molar-refractivity contribution in [1.82, 2.24) is 0 Å². The SMILES string of the molecule is c1ccc(C2=c3cc4c(cc3Oc3cc5c(cc32)CCCN5)=NCCC4)cc1. The monoisotopic (exact) mass is 366 g/mol. The number of aryl methyl sites for hydroxylation is 2. The molecule has 0 aliphatic carbocycles. The summed E-state index contributed by atoms with van der Waals surface area (Å²) in [6.45, 7) is 1.94. The first-order chi connectivity index (χ1) is 13.9. The quantitative estimate of drug-likeness (QED) is 0.553. The van der Waals surface area contributed by atoms with Crippen molar-refractivity contribution in [2.75, 3.05) is 18.4 Å². The average Bonchev–Trinajstić information content (AvgIpc) is 2.75. The molecule has 3 aromatic rings. The third kappa shape index (κ3) is 2.46. The van der Waals surface area contributed by atoms with Crippen LogP contribution >= 0.6 is 0 Å². The Balaban J connectivity index is 1.70. The standard InChI is InChI=1S/C25H22N2O/c1-2-6-16(7-3-1)25-19-12-17-8-4-10-26-21(17)14-23(19)28-24-15-22-18(13-20(24)25)9-5-11-27-22/h1-3,6-7,12-15,26H,4-5,8-11H2. The van der Waals surface area contributed by atoms with E-state index in [1.54, 1.807) is 0 Å². The molecular formula is C25H22N2O. The Morgan fingerprint density at radius 3 is 2.68 bits per heavy atom. The fourth-order valence-electron chi connectivity index (χ4n) is 4.67. The first kappa shape index (κ1) is 15.9. The molecule has 3 heterocycles. The molecule has 3 nitrogen and oxygen atoms in total. The lowest BCUT2D eigenvalue weighted by molar-refractivity contribution is 0.470. The van der Waals surface area contributed by atoms with Crippen molar-refractivity contribution in [3.63, 3.8) is 0 Å². The number of rotatable bonds is 1. The smallest absolute Gasteiger partial charge is 0.137 e. The highest BCUT2D eigenvalue weighted by atomic mass is 16.5. The third-order valence-corrected chi connectivity index (χ3v) is 6.03. The van der Waals surface area contributed by atoms with Gasteiger partial charge in [-0.25, -0.2) is 0 Å². The molecule has 3 aromatic carbocycles. The topological polar surface area (TPSA) is 33.6 Å². The molecule has 28 heavy (non-hydrogen) atoms. The van der Waals surface area contributed by atoms with Gasteiger partial charge in [0.2, 0.25) is 0 Å². The largest absolute Gasteiger partial charge is 0.456 e. The number of fused-ring (bicyclic) bond motifs is 4. The van der Waals surface area contributed by atoms with Crippen LogP contribution in [0, 0.1) is 0 Å². The molecule has 138 valence electrons. The second-order valence-corrected chi connectivity index (χ2v) is 7.84. The Bertz CT molecular complexity index is 1210. The number of anilines is 1. The van der Waals surface area contributed by atoms with Crippen LogP contribution in [0.1, 0.15) is 35.1 Å². The van der Waals surface area contributed by atoms with Crippen LogP contribution in [-0.2, 0) is 12.8 Å². The number of ether oxygens (including phenoxy) is 1. The molecule has 0 unspecified atom stereocenters. The van der Waals surface area contributed by atoms with Crippen LogP contribution in [0.25, 0.3) is 5.57 Å². The fourth-order valence-corrected chi connectivity index (χ4v) is 4.67. The van der Waals surface area contributed by atoms with Gasteiger partial charge < -0.3 is 10.1 Å². The summed E-state index contributed by atoms with van der Waals surface area (Å²) in [6, 6.07) is 19.7. The van der Waals surface area contributed by atoms with Crippen molar-refractivity contribution in [2.24, 2.45) is 4.99 Å². The lowest BCUT2D eigenvalue weighted by Crippen LogP contribution is -2.25. The summed E-state index contributed by atoms with van der Waals surface area (Å²) < 4.78 is 6.44. The van der Waals surface area contributed by atoms with Crippen LogP contribution in [0.5, 0.6) is 11.5 Å². The van der Waals surface area contributed by atoms with Crippen LogP contribution < -0.4 is 20.6 Å². The normalized spacial score (nSPS) is 16.5. The number of nitrogens with one attached hydrogen (secondary N) is 1. The van der Waals surface area contributed by atoms with E-state index in [0.29, 0.717) is 0 Å². The summed E-state index contributed by atoms with van der Waals surface area (Å²) in [7, 11) is 0. The van der Waals surface area contributed by atoms with Gasteiger partial charge in [-0.3, -0.25) is 4.99 Å². The maximum atomic E-state index is 6.44. The Morgan fingerprint density at radius 1 is 0.857 bits per heavy atom. The predicted molar refractivity (Wildman–Crippen MR) is 112 cm³/mol. The van der Waals surface area contributed by atoms with Crippen LogP contribution in [0.3, 0.4) is 0 Å². The number of hydrogen-bond acceptors (Lipinski definition) is 3. The number of benzene rings is 3. The van der Waals surface area contributed by atoms with E-state index in [0.717, 1.165) is 49.2 Å². The minimum Gasteiger partial charge on any atom is -0.456 e. The maximum Gasteiger partial charge on any atom is 0.137 e. The van der Waals surface area contributed by atoms with Crippen molar-refractivity contribution in [3.05, 3.63) is 87.4 Å². The molecule has 1 N–H and O–H groups in total. The summed E-state index contributed by atoms with van der Waals surface area (Å²) in [5, 5.41) is 5.82. The number of hydrogen-bond donors (Lipinski definition) is 1. The van der Waals surface area contributed by atoms with Gasteiger partial charge in [-0.05, 0) is 54.5 Å². The van der Waals surface area contributed by atoms with E-state index in [-0.39, 0.29) is 0 Å². The second kappa shape index (κ2) is 6.23. The zero-order valence-corrected chi connectivity index (χ0v) is 15.8. The van der Waals surface area contributed by atoms with Gasteiger partial charge in [0.15, 0.2) is 0 Å². The predicted octanol–water partition coefficient (Wildman–Crippen LogP) is 3.96. The zero-order valence-electron chi connectivity index (χ0n) is 15.8. The van der Waals surface area contributed by atoms with E-state index >= 15 is 0 Å². The van der Waals surface area contributed by atoms with Crippen molar-refractivity contribution in [1.29, 1.82) is 0 Å². The van der Waals surface area contributed by atoms with Gasteiger partial charge in [-0.2, -0.15) is 0 Å². The van der Waals surface area contributed by atoms with Crippen LogP contribution in [-0.4, -0.2) is 13.1 Å². The summed E-state index contributed by atoms with van der Waals surface area (Å²) >= 11 is 0. The molecular weight excluding hydrogens is 344 g/mol. The van der Waals surface area contributed by atoms with Crippen molar-refractivity contribution < 1.29 is 4.74 Å². The summed E-state index contributed by atoms with van der Waals surface area (Å²) in [4.78, 5) is 4.72. The highest BCUT2D eigenvalue weighted by Gasteiger charge is 2.24. The van der Waals surface area contributed by atoms with E-state index in [1.165, 1.54) is 45.2 Å². The Hall–Kier alpha value is -3.07. The van der Waals surface area contributed by atoms with E-state index in [4.69, 9.17) is 9.73 Å². The lowest BCUT2D eigenvalue weighted by atomic mass is 9.88. The molecule has 0 saturated carbocycles. The molecule has 0 amide bonds. The minimum absolute atomic E-state index is 0.912. The Morgan fingerprint density at radius 2 is 1.75 bits per heavy atom. The molecule has 0 bridgehead atoms. The third-order valence-electron chi connectivity index (χ3n) is 6.03. The van der Waals surface area contributed by atoms with Gasteiger partial charge in [0.1, 0.15) is 11.5 Å². The van der Waals surface area contributed by atoms with Gasteiger partial charge in [0.05, 0.1) is 5.36 Å². The first-order valence-corrected chi connectivity index (χ1v) is 10.2. The molecule has 0 fully saturated rings. The molecule has 3 aliphatic rings. The van der Waals surface area contributed by atoms with Crippen LogP contribution in [0.2, 0.25) is 0 Å². The lowest BCUT2D eigenvalue weighted by Gasteiger charge is -2.26. The Kier molecular flexibility index (Phi) is 3.55. The minimum atomic E-state index is 0.912. The van der Waals surface area contributed by atoms with Crippen molar-refractivity contribution in [2.45, 2.75) is 25.7 Å². The second-order valence-electron chi connectivity index (χ2n) is 7.84. The molecule has 3 aliphatic heterocycles. The van der Waals surface area contributed by atoms with E-state index in [9.17, 15) is 0 Å². The summed E-state index contributed by atoms with van der Waals surface area (Å²) in [6.07, 6.45) is 4.52. The van der Waals surface area contributed by atoms with Gasteiger partial charge >= 0.3 is 0 Å². The molecule has 0 saturated heterocycles. The first-order valence-electron chi connectivity index (χ1n) is 10.2. The van der Waals surface area contributed by atoms with E-state index in [2.05, 4.69) is 59.9 Å². The molecule has 3 heteroatoms. The molecule has 0 atom stereocenters.